The average Bonchev–Trinajstić information content (AvgIpc) is 2.70. The summed E-state index contributed by atoms with van der Waals surface area (Å²) in [6.45, 7) is 6.85. The summed E-state index contributed by atoms with van der Waals surface area (Å²) < 4.78 is 1.88. The van der Waals surface area contributed by atoms with Crippen LogP contribution < -0.4 is 5.32 Å². The van der Waals surface area contributed by atoms with E-state index < -0.39 is 0 Å². The summed E-state index contributed by atoms with van der Waals surface area (Å²) in [7, 11) is 0. The van der Waals surface area contributed by atoms with Crippen LogP contribution in [0, 0.1) is 0 Å². The van der Waals surface area contributed by atoms with E-state index in [2.05, 4.69) is 30.0 Å². The third-order valence-electron chi connectivity index (χ3n) is 2.45. The maximum absolute atomic E-state index is 4.30. The number of nitrogens with zero attached hydrogens (tertiary/aromatic N) is 2. The minimum Gasteiger partial charge on any atom is -0.307 e. The van der Waals surface area contributed by atoms with Gasteiger partial charge in [-0.05, 0) is 18.7 Å². The highest BCUT2D eigenvalue weighted by atomic mass is 15.2. The number of nitrogens with one attached hydrogen (secondary N) is 1. The molecule has 0 aliphatic rings. The van der Waals surface area contributed by atoms with Gasteiger partial charge in [0.25, 0.3) is 0 Å². The van der Waals surface area contributed by atoms with Gasteiger partial charge in [0.05, 0.1) is 17.8 Å². The largest absolute Gasteiger partial charge is 0.307 e. The lowest BCUT2D eigenvalue weighted by molar-refractivity contribution is 0.653. The normalized spacial score (nSPS) is 12.9. The third kappa shape index (κ3) is 1.78. The van der Waals surface area contributed by atoms with E-state index in [4.69, 9.17) is 0 Å². The molecule has 1 atom stereocenters. The molecule has 15 heavy (non-hydrogen) atoms. The van der Waals surface area contributed by atoms with Crippen LogP contribution in [0.4, 0.5) is 0 Å². The van der Waals surface area contributed by atoms with Gasteiger partial charge in [-0.3, -0.25) is 0 Å². The molecule has 0 aliphatic heterocycles. The fourth-order valence-electron chi connectivity index (χ4n) is 1.73. The summed E-state index contributed by atoms with van der Waals surface area (Å²) in [5.74, 6) is 0. The van der Waals surface area contributed by atoms with Gasteiger partial charge in [-0.2, -0.15) is 5.10 Å². The molecule has 1 unspecified atom stereocenters. The van der Waals surface area contributed by atoms with Crippen molar-refractivity contribution in [3.8, 4) is 0 Å². The summed E-state index contributed by atoms with van der Waals surface area (Å²) in [6, 6.07) is 6.23. The van der Waals surface area contributed by atoms with Crippen molar-refractivity contribution in [2.45, 2.75) is 13.0 Å². The van der Waals surface area contributed by atoms with Crippen LogP contribution in [0.3, 0.4) is 0 Å². The topological polar surface area (TPSA) is 29.3 Å². The van der Waals surface area contributed by atoms with Crippen LogP contribution >= 0.6 is 0 Å². The Hall–Kier alpha value is -1.61. The first-order valence-electron chi connectivity index (χ1n) is 5.15. The Morgan fingerprint density at radius 1 is 1.60 bits per heavy atom. The molecule has 1 N–H and O–H groups in total. The smallest absolute Gasteiger partial charge is 0.0712 e. The first kappa shape index (κ1) is 9.93. The number of aromatic nitrogens is 2. The van der Waals surface area contributed by atoms with Gasteiger partial charge in [-0.15, -0.1) is 6.58 Å². The van der Waals surface area contributed by atoms with Gasteiger partial charge in [0.1, 0.15) is 0 Å². The van der Waals surface area contributed by atoms with E-state index in [0.717, 1.165) is 12.1 Å². The lowest BCUT2D eigenvalue weighted by atomic mass is 10.1. The third-order valence-corrected chi connectivity index (χ3v) is 2.45. The van der Waals surface area contributed by atoms with Gasteiger partial charge in [0.2, 0.25) is 0 Å². The number of rotatable bonds is 4. The lowest BCUT2D eigenvalue weighted by Gasteiger charge is -2.11. The Morgan fingerprint density at radius 3 is 3.20 bits per heavy atom. The van der Waals surface area contributed by atoms with Gasteiger partial charge in [0, 0.05) is 11.8 Å². The zero-order valence-corrected chi connectivity index (χ0v) is 8.85. The van der Waals surface area contributed by atoms with E-state index in [1.54, 1.807) is 0 Å². The quantitative estimate of drug-likeness (QED) is 0.768. The van der Waals surface area contributed by atoms with E-state index >= 15 is 0 Å². The molecule has 0 saturated carbocycles. The maximum Gasteiger partial charge on any atom is 0.0712 e. The van der Waals surface area contributed by atoms with Crippen molar-refractivity contribution in [2.24, 2.45) is 0 Å². The van der Waals surface area contributed by atoms with E-state index in [1.165, 1.54) is 5.56 Å². The van der Waals surface area contributed by atoms with Crippen molar-refractivity contribution in [1.29, 1.82) is 0 Å². The molecule has 0 saturated heterocycles. The van der Waals surface area contributed by atoms with E-state index in [-0.39, 0.29) is 6.04 Å². The Bertz CT molecular complexity index is 459. The lowest BCUT2D eigenvalue weighted by Crippen LogP contribution is -2.18. The van der Waals surface area contributed by atoms with Crippen molar-refractivity contribution in [3.63, 3.8) is 0 Å². The maximum atomic E-state index is 4.30. The minimum absolute atomic E-state index is 0.176. The molecular weight excluding hydrogens is 186 g/mol. The summed E-state index contributed by atoms with van der Waals surface area (Å²) in [5.41, 5.74) is 2.30. The minimum atomic E-state index is 0.176. The molecule has 0 radical (unpaired) electrons. The molecule has 0 amide bonds. The monoisotopic (exact) mass is 201 g/mol. The highest BCUT2D eigenvalue weighted by molar-refractivity contribution is 5.55. The predicted octanol–water partition coefficient (Wildman–Crippen LogP) is 2.17. The fourth-order valence-corrected chi connectivity index (χ4v) is 1.73. The van der Waals surface area contributed by atoms with Crippen LogP contribution in [0.2, 0.25) is 0 Å². The number of fused-ring (bicyclic) bond motifs is 1. The molecule has 0 aromatic carbocycles. The molecule has 2 aromatic heterocycles. The molecule has 0 aliphatic carbocycles. The molecule has 78 valence electrons. The van der Waals surface area contributed by atoms with Crippen LogP contribution in [-0.4, -0.2) is 16.2 Å². The van der Waals surface area contributed by atoms with Crippen LogP contribution in [-0.2, 0) is 0 Å². The number of pyridine rings is 1. The number of hydrogen-bond donors (Lipinski definition) is 1. The Kier molecular flexibility index (Phi) is 2.83. The van der Waals surface area contributed by atoms with Gasteiger partial charge in [-0.25, -0.2) is 4.52 Å². The standard InChI is InChI=1S/C12H15N3/c1-3-11(13-4-2)10-9-14-15-8-6-5-7-12(10)15/h3,5-9,11,13H,1,4H2,2H3. The average molecular weight is 201 g/mol. The Balaban J connectivity index is 2.46. The van der Waals surface area contributed by atoms with Crippen molar-refractivity contribution < 1.29 is 0 Å². The van der Waals surface area contributed by atoms with E-state index in [9.17, 15) is 0 Å². The van der Waals surface area contributed by atoms with Gasteiger partial charge in [-0.1, -0.05) is 19.1 Å². The summed E-state index contributed by atoms with van der Waals surface area (Å²) in [5, 5.41) is 7.65. The van der Waals surface area contributed by atoms with Crippen LogP contribution in [0.5, 0.6) is 0 Å². The summed E-state index contributed by atoms with van der Waals surface area (Å²) >= 11 is 0. The van der Waals surface area contributed by atoms with E-state index in [1.807, 2.05) is 35.1 Å². The van der Waals surface area contributed by atoms with Gasteiger partial charge >= 0.3 is 0 Å². The highest BCUT2D eigenvalue weighted by Crippen LogP contribution is 2.19. The van der Waals surface area contributed by atoms with Crippen LogP contribution in [0.15, 0.2) is 43.2 Å². The molecule has 0 bridgehead atoms. The second kappa shape index (κ2) is 4.28. The molecule has 2 aromatic rings. The molecule has 3 nitrogen and oxygen atoms in total. The fraction of sp³-hybridized carbons (Fsp3) is 0.250. The van der Waals surface area contributed by atoms with Gasteiger partial charge in [0.15, 0.2) is 0 Å². The van der Waals surface area contributed by atoms with Crippen molar-refractivity contribution in [1.82, 2.24) is 14.9 Å². The Morgan fingerprint density at radius 2 is 2.47 bits per heavy atom. The molecular formula is C12H15N3. The predicted molar refractivity (Wildman–Crippen MR) is 61.8 cm³/mol. The SMILES string of the molecule is C=CC(NCC)c1cnn2ccccc12. The second-order valence-electron chi connectivity index (χ2n) is 3.40. The second-order valence-corrected chi connectivity index (χ2v) is 3.40. The number of hydrogen-bond acceptors (Lipinski definition) is 2. The highest BCUT2D eigenvalue weighted by Gasteiger charge is 2.11. The molecule has 2 rings (SSSR count). The zero-order valence-electron chi connectivity index (χ0n) is 8.85. The van der Waals surface area contributed by atoms with E-state index in [0.29, 0.717) is 0 Å². The molecule has 0 spiro atoms. The summed E-state index contributed by atoms with van der Waals surface area (Å²) in [4.78, 5) is 0. The summed E-state index contributed by atoms with van der Waals surface area (Å²) in [6.07, 6.45) is 5.75. The first-order chi connectivity index (χ1) is 7.36. The number of likely N-dealkylation sites (N-methyl/N-ethyl adjacent to an activating group) is 1. The zero-order chi connectivity index (χ0) is 10.7. The van der Waals surface area contributed by atoms with Crippen LogP contribution in [0.1, 0.15) is 18.5 Å². The first-order valence-corrected chi connectivity index (χ1v) is 5.15. The molecule has 3 heteroatoms. The van der Waals surface area contributed by atoms with Crippen LogP contribution in [0.25, 0.3) is 5.52 Å². The van der Waals surface area contributed by atoms with Crippen molar-refractivity contribution in [2.75, 3.05) is 6.54 Å². The van der Waals surface area contributed by atoms with Crippen molar-refractivity contribution in [3.05, 3.63) is 48.8 Å². The Labute approximate surface area is 89.4 Å². The molecule has 2 heterocycles. The van der Waals surface area contributed by atoms with Gasteiger partial charge < -0.3 is 5.32 Å². The molecule has 0 fully saturated rings. The van der Waals surface area contributed by atoms with Crippen molar-refractivity contribution >= 4 is 5.52 Å².